The Labute approximate surface area is 197 Å². The van der Waals surface area contributed by atoms with Gasteiger partial charge in [-0.1, -0.05) is 33.4 Å². The van der Waals surface area contributed by atoms with Crippen molar-refractivity contribution in [2.75, 3.05) is 37.6 Å². The third-order valence-electron chi connectivity index (χ3n) is 6.72. The zero-order chi connectivity index (χ0) is 25.2. The molecule has 2 aliphatic heterocycles. The van der Waals surface area contributed by atoms with Crippen molar-refractivity contribution in [3.8, 4) is 5.75 Å². The fourth-order valence-corrected chi connectivity index (χ4v) is 4.92. The van der Waals surface area contributed by atoms with Gasteiger partial charge in [0.2, 0.25) is 5.75 Å². The average molecular weight is 483 g/mol. The van der Waals surface area contributed by atoms with Crippen LogP contribution in [-0.4, -0.2) is 77.3 Å². The van der Waals surface area contributed by atoms with Crippen LogP contribution in [0.5, 0.6) is 5.75 Å². The van der Waals surface area contributed by atoms with E-state index in [2.05, 4.69) is 16.2 Å². The monoisotopic (exact) mass is 482 g/mol. The number of nitro benzene ring substituents is 1. The molecule has 0 aromatic heterocycles. The Kier molecular flexibility index (Phi) is 7.64. The molecule has 1 unspecified atom stereocenters. The molecule has 34 heavy (non-hydrogen) atoms. The van der Waals surface area contributed by atoms with Crippen LogP contribution in [0.2, 0.25) is 0 Å². The van der Waals surface area contributed by atoms with Crippen LogP contribution in [0.3, 0.4) is 0 Å². The Morgan fingerprint density at radius 2 is 1.91 bits per heavy atom. The number of hydrogen-bond acceptors (Lipinski definition) is 6. The lowest BCUT2D eigenvalue weighted by Gasteiger charge is -2.49. The highest BCUT2D eigenvalue weighted by atomic mass is 19.3. The second-order valence-corrected chi connectivity index (χ2v) is 9.79. The van der Waals surface area contributed by atoms with Gasteiger partial charge in [-0.15, -0.1) is 0 Å². The van der Waals surface area contributed by atoms with Crippen LogP contribution in [0, 0.1) is 15.5 Å². The molecule has 2 saturated heterocycles. The molecule has 0 saturated carbocycles. The average Bonchev–Trinajstić information content (AvgIpc) is 2.77. The number of piperidine rings is 1. The van der Waals surface area contributed by atoms with Gasteiger partial charge in [-0.2, -0.15) is 8.78 Å². The van der Waals surface area contributed by atoms with Crippen molar-refractivity contribution in [2.45, 2.75) is 52.3 Å². The number of halogens is 2. The standard InChI is InChI=1S/C23H32F2N4O5/c1-5-15-12-18(29(32)33)19(34-21(24)25)13-17(15)26-8-6-16(7-9-26)27-10-11-28(22(30)31)20(14-27)23(2,3)4/h5,12-13,16,20-21H,1,6-11,14H2,2-4H3,(H,30,31). The van der Waals surface area contributed by atoms with Crippen molar-refractivity contribution in [2.24, 2.45) is 5.41 Å². The molecule has 188 valence electrons. The molecule has 0 bridgehead atoms. The van der Waals surface area contributed by atoms with Gasteiger partial charge in [0.05, 0.1) is 11.0 Å². The lowest BCUT2D eigenvalue weighted by molar-refractivity contribution is -0.386. The van der Waals surface area contributed by atoms with E-state index in [0.717, 1.165) is 12.8 Å². The fourth-order valence-electron chi connectivity index (χ4n) is 4.92. The molecule has 2 fully saturated rings. The number of anilines is 1. The van der Waals surface area contributed by atoms with E-state index in [4.69, 9.17) is 0 Å². The van der Waals surface area contributed by atoms with Gasteiger partial charge in [0, 0.05) is 62.1 Å². The van der Waals surface area contributed by atoms with Gasteiger partial charge in [0.15, 0.2) is 0 Å². The normalized spacial score (nSPS) is 20.5. The molecule has 1 aromatic carbocycles. The number of ether oxygens (including phenoxy) is 1. The van der Waals surface area contributed by atoms with E-state index in [0.29, 0.717) is 44.0 Å². The van der Waals surface area contributed by atoms with Crippen LogP contribution in [0.25, 0.3) is 6.08 Å². The molecular formula is C23H32F2N4O5. The van der Waals surface area contributed by atoms with Crippen molar-refractivity contribution in [3.63, 3.8) is 0 Å². The maximum absolute atomic E-state index is 12.8. The van der Waals surface area contributed by atoms with Gasteiger partial charge in [-0.3, -0.25) is 15.0 Å². The van der Waals surface area contributed by atoms with Gasteiger partial charge in [0.1, 0.15) is 0 Å². The lowest BCUT2D eigenvalue weighted by atomic mass is 9.83. The first-order valence-electron chi connectivity index (χ1n) is 11.3. The molecule has 1 atom stereocenters. The number of alkyl halides is 2. The van der Waals surface area contributed by atoms with Crippen molar-refractivity contribution in [1.82, 2.24) is 9.80 Å². The van der Waals surface area contributed by atoms with Crippen molar-refractivity contribution in [3.05, 3.63) is 34.4 Å². The minimum Gasteiger partial charge on any atom is -0.465 e. The molecule has 2 aliphatic rings. The second kappa shape index (κ2) is 10.1. The van der Waals surface area contributed by atoms with Crippen molar-refractivity contribution < 1.29 is 28.3 Å². The van der Waals surface area contributed by atoms with Crippen molar-refractivity contribution >= 4 is 23.5 Å². The van der Waals surface area contributed by atoms with E-state index in [1.165, 1.54) is 23.1 Å². The summed E-state index contributed by atoms with van der Waals surface area (Å²) in [4.78, 5) is 28.2. The molecule has 9 nitrogen and oxygen atoms in total. The number of hydrogen-bond donors (Lipinski definition) is 1. The van der Waals surface area contributed by atoms with E-state index in [1.807, 2.05) is 25.7 Å². The molecule has 1 aromatic rings. The van der Waals surface area contributed by atoms with E-state index >= 15 is 0 Å². The van der Waals surface area contributed by atoms with Crippen molar-refractivity contribution in [1.29, 1.82) is 0 Å². The number of piperazine rings is 1. The third kappa shape index (κ3) is 5.57. The Balaban J connectivity index is 1.75. The first-order valence-corrected chi connectivity index (χ1v) is 11.3. The highest BCUT2D eigenvalue weighted by Crippen LogP contribution is 2.38. The number of carboxylic acid groups (broad SMARTS) is 1. The Hall–Kier alpha value is -2.95. The van der Waals surface area contributed by atoms with Gasteiger partial charge < -0.3 is 19.6 Å². The zero-order valence-corrected chi connectivity index (χ0v) is 19.7. The van der Waals surface area contributed by atoms with E-state index in [1.54, 1.807) is 0 Å². The summed E-state index contributed by atoms with van der Waals surface area (Å²) in [6.07, 6.45) is 2.16. The molecule has 3 rings (SSSR count). The Morgan fingerprint density at radius 1 is 1.26 bits per heavy atom. The topological polar surface area (TPSA) is 99.4 Å². The summed E-state index contributed by atoms with van der Waals surface area (Å²) in [5, 5.41) is 20.9. The first-order chi connectivity index (χ1) is 15.9. The number of carbonyl (C=O) groups is 1. The quantitative estimate of drug-likeness (QED) is 0.470. The summed E-state index contributed by atoms with van der Waals surface area (Å²) in [5.74, 6) is -0.472. The van der Waals surface area contributed by atoms with Crippen LogP contribution in [0.4, 0.5) is 25.0 Å². The zero-order valence-electron chi connectivity index (χ0n) is 19.7. The molecule has 1 N–H and O–H groups in total. The maximum atomic E-state index is 12.8. The SMILES string of the molecule is C=Cc1cc([N+](=O)[O-])c(OC(F)F)cc1N1CCC(N2CCN(C(=O)O)C(C(C)(C)C)C2)CC1. The van der Waals surface area contributed by atoms with Crippen LogP contribution in [0.15, 0.2) is 18.7 Å². The summed E-state index contributed by atoms with van der Waals surface area (Å²) in [6, 6.07) is 2.65. The molecule has 1 amide bonds. The summed E-state index contributed by atoms with van der Waals surface area (Å²) in [5.41, 5.74) is 0.321. The number of nitrogens with zero attached hydrogens (tertiary/aromatic N) is 4. The van der Waals surface area contributed by atoms with Crippen LogP contribution >= 0.6 is 0 Å². The van der Waals surface area contributed by atoms with Crippen LogP contribution in [-0.2, 0) is 0 Å². The third-order valence-corrected chi connectivity index (χ3v) is 6.72. The smallest absolute Gasteiger partial charge is 0.407 e. The first kappa shape index (κ1) is 25.7. The van der Waals surface area contributed by atoms with E-state index in [9.17, 15) is 28.8 Å². The van der Waals surface area contributed by atoms with Gasteiger partial charge in [-0.25, -0.2) is 4.79 Å². The number of rotatable bonds is 6. The van der Waals surface area contributed by atoms with E-state index < -0.39 is 29.1 Å². The minimum atomic E-state index is -3.17. The lowest BCUT2D eigenvalue weighted by Crippen LogP contribution is -2.62. The highest BCUT2D eigenvalue weighted by Gasteiger charge is 2.40. The van der Waals surface area contributed by atoms with Gasteiger partial charge in [-0.05, 0) is 18.3 Å². The molecule has 0 spiro atoms. The highest BCUT2D eigenvalue weighted by molar-refractivity contribution is 5.73. The second-order valence-electron chi connectivity index (χ2n) is 9.79. The minimum absolute atomic E-state index is 0.118. The van der Waals surface area contributed by atoms with Gasteiger partial charge >= 0.3 is 18.4 Å². The van der Waals surface area contributed by atoms with Crippen LogP contribution in [0.1, 0.15) is 39.2 Å². The molecular weight excluding hydrogens is 450 g/mol. The predicted octanol–water partition coefficient (Wildman–Crippen LogP) is 4.52. The Morgan fingerprint density at radius 3 is 2.41 bits per heavy atom. The summed E-state index contributed by atoms with van der Waals surface area (Å²) >= 11 is 0. The maximum Gasteiger partial charge on any atom is 0.407 e. The number of nitro groups is 1. The number of amides is 1. The number of benzene rings is 1. The predicted molar refractivity (Wildman–Crippen MR) is 125 cm³/mol. The summed E-state index contributed by atoms with van der Waals surface area (Å²) in [7, 11) is 0. The molecule has 0 aliphatic carbocycles. The largest absolute Gasteiger partial charge is 0.465 e. The van der Waals surface area contributed by atoms with Crippen LogP contribution < -0.4 is 9.64 Å². The summed E-state index contributed by atoms with van der Waals surface area (Å²) < 4.78 is 30.1. The molecule has 0 radical (unpaired) electrons. The fraction of sp³-hybridized carbons (Fsp3) is 0.609. The Bertz CT molecular complexity index is 929. The van der Waals surface area contributed by atoms with E-state index in [-0.39, 0.29) is 17.5 Å². The molecule has 2 heterocycles. The molecule has 11 heteroatoms. The van der Waals surface area contributed by atoms with Gasteiger partial charge in [0.25, 0.3) is 0 Å². The summed E-state index contributed by atoms with van der Waals surface area (Å²) in [6.45, 7) is 9.69.